The Balaban J connectivity index is 1.87. The zero-order chi connectivity index (χ0) is 24.5. The van der Waals surface area contributed by atoms with Crippen LogP contribution in [-0.4, -0.2) is 40.4 Å². The van der Waals surface area contributed by atoms with E-state index in [0.717, 1.165) is 22.4 Å². The van der Waals surface area contributed by atoms with Crippen molar-refractivity contribution in [2.24, 2.45) is 5.73 Å². The van der Waals surface area contributed by atoms with E-state index in [1.807, 2.05) is 73.7 Å². The van der Waals surface area contributed by atoms with E-state index < -0.39 is 23.8 Å². The van der Waals surface area contributed by atoms with Gasteiger partial charge in [-0.3, -0.25) is 14.4 Å². The monoisotopic (exact) mass is 460 g/mol. The number of carboxylic acid groups (broad SMARTS) is 1. The van der Waals surface area contributed by atoms with Gasteiger partial charge in [-0.05, 0) is 54.3 Å². The van der Waals surface area contributed by atoms with Crippen molar-refractivity contribution in [1.82, 2.24) is 4.90 Å². The standard InChI is InChI=1S/C27H28N2O5/c1-2-34-23-14-12-21(13-15-23)20-8-10-22(11-9-20)27(33)29(18-19-6-4-3-5-7-19)24(26(28)32)16-17-25(30)31/h3-15,24H,2,16-18H2,1H3,(H2,28,32)(H,30,31)/t24-/m0/s1. The third-order valence-corrected chi connectivity index (χ3v) is 5.42. The molecule has 0 aliphatic heterocycles. The molecule has 34 heavy (non-hydrogen) atoms. The molecule has 3 aromatic carbocycles. The number of benzene rings is 3. The van der Waals surface area contributed by atoms with Crippen molar-refractivity contribution >= 4 is 17.8 Å². The zero-order valence-corrected chi connectivity index (χ0v) is 19.0. The number of hydrogen-bond donors (Lipinski definition) is 2. The largest absolute Gasteiger partial charge is 0.494 e. The molecule has 3 rings (SSSR count). The molecule has 7 heteroatoms. The smallest absolute Gasteiger partial charge is 0.303 e. The van der Waals surface area contributed by atoms with Crippen LogP contribution in [-0.2, 0) is 16.1 Å². The van der Waals surface area contributed by atoms with E-state index in [1.165, 1.54) is 4.90 Å². The highest BCUT2D eigenvalue weighted by molar-refractivity contribution is 5.97. The predicted octanol–water partition coefficient (Wildman–Crippen LogP) is 4.11. The molecule has 7 nitrogen and oxygen atoms in total. The van der Waals surface area contributed by atoms with Crippen molar-refractivity contribution in [1.29, 1.82) is 0 Å². The van der Waals surface area contributed by atoms with Crippen LogP contribution in [0.15, 0.2) is 78.9 Å². The first-order valence-electron chi connectivity index (χ1n) is 11.1. The Kier molecular flexibility index (Phi) is 8.40. The summed E-state index contributed by atoms with van der Waals surface area (Å²) in [4.78, 5) is 38.1. The number of rotatable bonds is 11. The lowest BCUT2D eigenvalue weighted by Gasteiger charge is -2.30. The Bertz CT molecular complexity index is 1110. The Labute approximate surface area is 198 Å². The minimum atomic E-state index is -1.06. The highest BCUT2D eigenvalue weighted by atomic mass is 16.5. The van der Waals surface area contributed by atoms with Gasteiger partial charge in [-0.1, -0.05) is 54.6 Å². The van der Waals surface area contributed by atoms with E-state index >= 15 is 0 Å². The first-order valence-corrected chi connectivity index (χ1v) is 11.1. The summed E-state index contributed by atoms with van der Waals surface area (Å²) < 4.78 is 5.47. The van der Waals surface area contributed by atoms with Crippen molar-refractivity contribution < 1.29 is 24.2 Å². The number of nitrogens with zero attached hydrogens (tertiary/aromatic N) is 1. The van der Waals surface area contributed by atoms with Crippen LogP contribution in [0.25, 0.3) is 11.1 Å². The fraction of sp³-hybridized carbons (Fsp3) is 0.222. The van der Waals surface area contributed by atoms with Crippen LogP contribution in [0.2, 0.25) is 0 Å². The highest BCUT2D eigenvalue weighted by Gasteiger charge is 2.29. The van der Waals surface area contributed by atoms with Crippen molar-refractivity contribution in [2.75, 3.05) is 6.61 Å². The molecule has 2 amide bonds. The first-order chi connectivity index (χ1) is 16.4. The van der Waals surface area contributed by atoms with Crippen LogP contribution in [0.5, 0.6) is 5.75 Å². The van der Waals surface area contributed by atoms with Crippen LogP contribution < -0.4 is 10.5 Å². The second-order valence-electron chi connectivity index (χ2n) is 7.80. The molecule has 0 unspecified atom stereocenters. The summed E-state index contributed by atoms with van der Waals surface area (Å²) in [5, 5.41) is 9.09. The van der Waals surface area contributed by atoms with Gasteiger partial charge in [-0.15, -0.1) is 0 Å². The van der Waals surface area contributed by atoms with E-state index in [2.05, 4.69) is 0 Å². The van der Waals surface area contributed by atoms with Crippen LogP contribution in [0.4, 0.5) is 0 Å². The second-order valence-corrected chi connectivity index (χ2v) is 7.80. The topological polar surface area (TPSA) is 110 Å². The summed E-state index contributed by atoms with van der Waals surface area (Å²) in [6.45, 7) is 2.65. The van der Waals surface area contributed by atoms with Gasteiger partial charge in [0.25, 0.3) is 5.91 Å². The fourth-order valence-corrected chi connectivity index (χ4v) is 3.70. The minimum absolute atomic E-state index is 0.0620. The van der Waals surface area contributed by atoms with E-state index in [9.17, 15) is 14.4 Å². The Morgan fingerprint density at radius 3 is 2.03 bits per heavy atom. The molecule has 0 saturated carbocycles. The number of primary amides is 1. The van der Waals surface area contributed by atoms with Crippen LogP contribution >= 0.6 is 0 Å². The number of carboxylic acids is 1. The quantitative estimate of drug-likeness (QED) is 0.447. The molecule has 0 bridgehead atoms. The Morgan fingerprint density at radius 2 is 1.50 bits per heavy atom. The lowest BCUT2D eigenvalue weighted by atomic mass is 10.0. The molecule has 3 N–H and O–H groups in total. The minimum Gasteiger partial charge on any atom is -0.494 e. The summed E-state index contributed by atoms with van der Waals surface area (Å²) >= 11 is 0. The molecular weight excluding hydrogens is 432 g/mol. The molecule has 176 valence electrons. The van der Waals surface area contributed by atoms with E-state index in [1.54, 1.807) is 12.1 Å². The van der Waals surface area contributed by atoms with Gasteiger partial charge < -0.3 is 20.5 Å². The number of aliphatic carboxylic acids is 1. The Morgan fingerprint density at radius 1 is 0.912 bits per heavy atom. The molecule has 0 fully saturated rings. The summed E-state index contributed by atoms with van der Waals surface area (Å²) in [6.07, 6.45) is -0.337. The second kappa shape index (κ2) is 11.7. The van der Waals surface area contributed by atoms with Gasteiger partial charge in [0.05, 0.1) is 6.61 Å². The van der Waals surface area contributed by atoms with Gasteiger partial charge in [0.1, 0.15) is 11.8 Å². The average molecular weight is 461 g/mol. The molecule has 0 radical (unpaired) electrons. The third-order valence-electron chi connectivity index (χ3n) is 5.42. The Hall–Kier alpha value is -4.13. The molecule has 1 atom stereocenters. The number of carbonyl (C=O) groups excluding carboxylic acids is 2. The number of amides is 2. The molecule has 0 aliphatic rings. The summed E-state index contributed by atoms with van der Waals surface area (Å²) in [5.41, 5.74) is 8.68. The lowest BCUT2D eigenvalue weighted by Crippen LogP contribution is -2.47. The third kappa shape index (κ3) is 6.45. The number of carbonyl (C=O) groups is 3. The van der Waals surface area contributed by atoms with Crippen LogP contribution in [0.1, 0.15) is 35.7 Å². The summed E-state index contributed by atoms with van der Waals surface area (Å²) in [5.74, 6) is -1.40. The molecule has 0 saturated heterocycles. The lowest BCUT2D eigenvalue weighted by molar-refractivity contribution is -0.137. The van der Waals surface area contributed by atoms with Gasteiger partial charge in [0.15, 0.2) is 0 Å². The van der Waals surface area contributed by atoms with Crippen LogP contribution in [0, 0.1) is 0 Å². The maximum atomic E-state index is 13.5. The fourth-order valence-electron chi connectivity index (χ4n) is 3.70. The van der Waals surface area contributed by atoms with Gasteiger partial charge in [0, 0.05) is 18.5 Å². The number of nitrogens with two attached hydrogens (primary N) is 1. The van der Waals surface area contributed by atoms with Crippen molar-refractivity contribution in [3.63, 3.8) is 0 Å². The molecule has 0 aliphatic carbocycles. The van der Waals surface area contributed by atoms with Crippen molar-refractivity contribution in [3.8, 4) is 16.9 Å². The van der Waals surface area contributed by atoms with Gasteiger partial charge >= 0.3 is 5.97 Å². The number of hydrogen-bond acceptors (Lipinski definition) is 4. The maximum absolute atomic E-state index is 13.5. The van der Waals surface area contributed by atoms with E-state index in [4.69, 9.17) is 15.6 Å². The predicted molar refractivity (Wildman–Crippen MR) is 129 cm³/mol. The normalized spacial score (nSPS) is 11.4. The first kappa shape index (κ1) is 24.5. The van der Waals surface area contributed by atoms with E-state index in [0.29, 0.717) is 12.2 Å². The SMILES string of the molecule is CCOc1ccc(-c2ccc(C(=O)N(Cc3ccccc3)[C@@H](CCC(=O)O)C(N)=O)cc2)cc1. The molecular formula is C27H28N2O5. The van der Waals surface area contributed by atoms with Crippen LogP contribution in [0.3, 0.4) is 0 Å². The zero-order valence-electron chi connectivity index (χ0n) is 19.0. The highest BCUT2D eigenvalue weighted by Crippen LogP contribution is 2.24. The van der Waals surface area contributed by atoms with Gasteiger partial charge in [-0.25, -0.2) is 0 Å². The molecule has 3 aromatic rings. The van der Waals surface area contributed by atoms with Crippen molar-refractivity contribution in [2.45, 2.75) is 32.4 Å². The van der Waals surface area contributed by atoms with Gasteiger partial charge in [0.2, 0.25) is 5.91 Å². The van der Waals surface area contributed by atoms with Gasteiger partial charge in [-0.2, -0.15) is 0 Å². The van der Waals surface area contributed by atoms with Crippen molar-refractivity contribution in [3.05, 3.63) is 90.0 Å². The molecule has 0 aromatic heterocycles. The summed E-state index contributed by atoms with van der Waals surface area (Å²) in [6, 6.07) is 22.9. The number of ether oxygens (including phenoxy) is 1. The average Bonchev–Trinajstić information content (AvgIpc) is 2.84. The summed E-state index contributed by atoms with van der Waals surface area (Å²) in [7, 11) is 0. The molecule has 0 heterocycles. The molecule has 0 spiro atoms. The maximum Gasteiger partial charge on any atom is 0.303 e. The van der Waals surface area contributed by atoms with E-state index in [-0.39, 0.29) is 19.4 Å².